The highest BCUT2D eigenvalue weighted by Gasteiger charge is 2.10. The number of aromatic nitrogens is 2. The SMILES string of the molecule is CNC(=O)c1ccc(CN(C)Cn2cc([N+](=O)[O-])cn2)cc1. The van der Waals surface area contributed by atoms with E-state index in [9.17, 15) is 14.9 Å². The number of nitro groups is 1. The van der Waals surface area contributed by atoms with Gasteiger partial charge < -0.3 is 5.32 Å². The molecule has 1 N–H and O–H groups in total. The van der Waals surface area contributed by atoms with Crippen LogP contribution in [0.4, 0.5) is 5.69 Å². The van der Waals surface area contributed by atoms with Crippen LogP contribution in [0.2, 0.25) is 0 Å². The van der Waals surface area contributed by atoms with Gasteiger partial charge in [0.2, 0.25) is 0 Å². The lowest BCUT2D eigenvalue weighted by Crippen LogP contribution is -2.22. The molecule has 8 nitrogen and oxygen atoms in total. The van der Waals surface area contributed by atoms with Gasteiger partial charge in [-0.15, -0.1) is 0 Å². The predicted molar refractivity (Wildman–Crippen MR) is 80.2 cm³/mol. The zero-order valence-electron chi connectivity index (χ0n) is 12.4. The molecule has 0 bridgehead atoms. The Hall–Kier alpha value is -2.74. The number of hydrogen-bond acceptors (Lipinski definition) is 5. The molecule has 1 amide bonds. The summed E-state index contributed by atoms with van der Waals surface area (Å²) >= 11 is 0. The number of carbonyl (C=O) groups is 1. The van der Waals surface area contributed by atoms with E-state index >= 15 is 0 Å². The monoisotopic (exact) mass is 303 g/mol. The molecule has 0 unspecified atom stereocenters. The molecule has 0 radical (unpaired) electrons. The largest absolute Gasteiger partial charge is 0.355 e. The third-order valence-electron chi connectivity index (χ3n) is 3.11. The van der Waals surface area contributed by atoms with Crippen LogP contribution in [0.3, 0.4) is 0 Å². The molecule has 0 aliphatic rings. The van der Waals surface area contributed by atoms with Crippen LogP contribution in [-0.2, 0) is 13.2 Å². The second kappa shape index (κ2) is 6.81. The number of amides is 1. The third-order valence-corrected chi connectivity index (χ3v) is 3.11. The Morgan fingerprint density at radius 2 is 2.09 bits per heavy atom. The first kappa shape index (κ1) is 15.6. The Bertz CT molecular complexity index is 665. The predicted octanol–water partition coefficient (Wildman–Crippen LogP) is 1.24. The fraction of sp³-hybridized carbons (Fsp3) is 0.286. The highest BCUT2D eigenvalue weighted by Crippen LogP contribution is 2.10. The fourth-order valence-electron chi connectivity index (χ4n) is 2.04. The summed E-state index contributed by atoms with van der Waals surface area (Å²) in [7, 11) is 3.48. The molecule has 2 aromatic rings. The summed E-state index contributed by atoms with van der Waals surface area (Å²) in [6.45, 7) is 1.08. The zero-order chi connectivity index (χ0) is 16.1. The van der Waals surface area contributed by atoms with Crippen molar-refractivity contribution < 1.29 is 9.72 Å². The maximum absolute atomic E-state index is 11.5. The fourth-order valence-corrected chi connectivity index (χ4v) is 2.04. The Balaban J connectivity index is 1.94. The van der Waals surface area contributed by atoms with Crippen LogP contribution in [0.15, 0.2) is 36.7 Å². The molecule has 1 aromatic carbocycles. The molecule has 0 aliphatic heterocycles. The van der Waals surface area contributed by atoms with E-state index in [4.69, 9.17) is 0 Å². The molecule has 22 heavy (non-hydrogen) atoms. The molecule has 0 spiro atoms. The van der Waals surface area contributed by atoms with E-state index in [1.54, 1.807) is 19.2 Å². The van der Waals surface area contributed by atoms with E-state index in [-0.39, 0.29) is 11.6 Å². The smallest absolute Gasteiger partial charge is 0.307 e. The Labute approximate surface area is 127 Å². The van der Waals surface area contributed by atoms with E-state index in [1.165, 1.54) is 17.1 Å². The number of carbonyl (C=O) groups excluding carboxylic acids is 1. The minimum absolute atomic E-state index is 0.0247. The van der Waals surface area contributed by atoms with E-state index in [0.717, 1.165) is 5.56 Å². The van der Waals surface area contributed by atoms with Gasteiger partial charge in [0.1, 0.15) is 12.4 Å². The van der Waals surface area contributed by atoms with Crippen LogP contribution < -0.4 is 5.32 Å². The summed E-state index contributed by atoms with van der Waals surface area (Å²) in [6, 6.07) is 7.29. The lowest BCUT2D eigenvalue weighted by atomic mass is 10.1. The number of hydrogen-bond donors (Lipinski definition) is 1. The van der Waals surface area contributed by atoms with E-state index in [2.05, 4.69) is 10.4 Å². The lowest BCUT2D eigenvalue weighted by Gasteiger charge is -2.16. The Morgan fingerprint density at radius 3 is 2.64 bits per heavy atom. The summed E-state index contributed by atoms with van der Waals surface area (Å²) in [4.78, 5) is 23.6. The normalized spacial score (nSPS) is 10.7. The molecule has 8 heteroatoms. The standard InChI is InChI=1S/C14H17N5O3/c1-15-14(20)12-5-3-11(4-6-12)8-17(2)10-18-9-13(7-16-18)19(21)22/h3-7,9H,8,10H2,1-2H3,(H,15,20). The first-order chi connectivity index (χ1) is 10.5. The first-order valence-corrected chi connectivity index (χ1v) is 6.66. The zero-order valence-corrected chi connectivity index (χ0v) is 12.4. The van der Waals surface area contributed by atoms with Crippen molar-refractivity contribution in [1.29, 1.82) is 0 Å². The van der Waals surface area contributed by atoms with Gasteiger partial charge in [0, 0.05) is 19.2 Å². The second-order valence-electron chi connectivity index (χ2n) is 4.93. The average molecular weight is 303 g/mol. The molecule has 2 rings (SSSR count). The molecule has 0 fully saturated rings. The summed E-state index contributed by atoms with van der Waals surface area (Å²) in [6.07, 6.45) is 2.62. The number of rotatable bonds is 6. The van der Waals surface area contributed by atoms with Crippen molar-refractivity contribution in [1.82, 2.24) is 20.0 Å². The van der Waals surface area contributed by atoms with E-state index in [0.29, 0.717) is 18.8 Å². The molecule has 0 aliphatic carbocycles. The minimum Gasteiger partial charge on any atom is -0.355 e. The highest BCUT2D eigenvalue weighted by atomic mass is 16.6. The quantitative estimate of drug-likeness (QED) is 0.640. The van der Waals surface area contributed by atoms with Gasteiger partial charge in [0.15, 0.2) is 0 Å². The Kier molecular flexibility index (Phi) is 4.84. The van der Waals surface area contributed by atoms with Crippen LogP contribution in [-0.4, -0.2) is 39.6 Å². The van der Waals surface area contributed by atoms with Gasteiger partial charge in [-0.2, -0.15) is 5.10 Å². The summed E-state index contributed by atoms with van der Waals surface area (Å²) in [5, 5.41) is 17.1. The maximum atomic E-state index is 11.5. The molecule has 0 atom stereocenters. The number of nitrogens with zero attached hydrogens (tertiary/aromatic N) is 4. The first-order valence-electron chi connectivity index (χ1n) is 6.66. The molecule has 0 saturated heterocycles. The van der Waals surface area contributed by atoms with Gasteiger partial charge in [-0.05, 0) is 24.7 Å². The van der Waals surface area contributed by atoms with E-state index < -0.39 is 4.92 Å². The van der Waals surface area contributed by atoms with Crippen LogP contribution in [0.25, 0.3) is 0 Å². The van der Waals surface area contributed by atoms with Crippen molar-refractivity contribution in [2.75, 3.05) is 14.1 Å². The van der Waals surface area contributed by atoms with Gasteiger partial charge in [-0.3, -0.25) is 24.5 Å². The van der Waals surface area contributed by atoms with Gasteiger partial charge in [-0.25, -0.2) is 0 Å². The number of nitrogens with one attached hydrogen (secondary N) is 1. The van der Waals surface area contributed by atoms with Crippen molar-refractivity contribution >= 4 is 11.6 Å². The van der Waals surface area contributed by atoms with Gasteiger partial charge >= 0.3 is 5.69 Å². The highest BCUT2D eigenvalue weighted by molar-refractivity contribution is 5.93. The molecular weight excluding hydrogens is 286 g/mol. The van der Waals surface area contributed by atoms with Crippen molar-refractivity contribution in [2.45, 2.75) is 13.2 Å². The minimum atomic E-state index is -0.471. The summed E-state index contributed by atoms with van der Waals surface area (Å²) in [5.41, 5.74) is 1.62. The van der Waals surface area contributed by atoms with Crippen LogP contribution in [0, 0.1) is 10.1 Å². The summed E-state index contributed by atoms with van der Waals surface area (Å²) < 4.78 is 1.51. The van der Waals surface area contributed by atoms with Crippen molar-refractivity contribution in [3.63, 3.8) is 0 Å². The Morgan fingerprint density at radius 1 is 1.41 bits per heavy atom. The van der Waals surface area contributed by atoms with Crippen molar-refractivity contribution in [3.8, 4) is 0 Å². The molecule has 0 saturated carbocycles. The average Bonchev–Trinajstić information content (AvgIpc) is 2.95. The van der Waals surface area contributed by atoms with Gasteiger partial charge in [0.25, 0.3) is 5.91 Å². The second-order valence-corrected chi connectivity index (χ2v) is 4.93. The van der Waals surface area contributed by atoms with Crippen LogP contribution >= 0.6 is 0 Å². The van der Waals surface area contributed by atoms with Crippen LogP contribution in [0.1, 0.15) is 15.9 Å². The van der Waals surface area contributed by atoms with Crippen molar-refractivity contribution in [3.05, 3.63) is 57.9 Å². The molecule has 116 valence electrons. The summed E-state index contributed by atoms with van der Waals surface area (Å²) in [5.74, 6) is -0.122. The number of benzene rings is 1. The molecule has 1 heterocycles. The third kappa shape index (κ3) is 3.89. The lowest BCUT2D eigenvalue weighted by molar-refractivity contribution is -0.385. The van der Waals surface area contributed by atoms with Gasteiger partial charge in [0.05, 0.1) is 11.6 Å². The van der Waals surface area contributed by atoms with Crippen molar-refractivity contribution in [2.24, 2.45) is 0 Å². The maximum Gasteiger partial charge on any atom is 0.307 e. The van der Waals surface area contributed by atoms with Crippen LogP contribution in [0.5, 0.6) is 0 Å². The molecular formula is C14H17N5O3. The molecule has 1 aromatic heterocycles. The topological polar surface area (TPSA) is 93.3 Å². The van der Waals surface area contributed by atoms with E-state index in [1.807, 2.05) is 24.1 Å². The van der Waals surface area contributed by atoms with Gasteiger partial charge in [-0.1, -0.05) is 12.1 Å².